The highest BCUT2D eigenvalue weighted by Crippen LogP contribution is 2.41. The first-order valence-corrected chi connectivity index (χ1v) is 9.65. The molecule has 0 saturated heterocycles. The van der Waals surface area contributed by atoms with Gasteiger partial charge in [0.1, 0.15) is 17.3 Å². The summed E-state index contributed by atoms with van der Waals surface area (Å²) < 4.78 is 4.05. The highest BCUT2D eigenvalue weighted by atomic mass is 35.5. The third kappa shape index (κ3) is 3.24. The summed E-state index contributed by atoms with van der Waals surface area (Å²) in [4.78, 5) is 0. The van der Waals surface area contributed by atoms with Crippen LogP contribution in [0.2, 0.25) is 0 Å². The van der Waals surface area contributed by atoms with Crippen molar-refractivity contribution in [1.82, 2.24) is 9.78 Å². The van der Waals surface area contributed by atoms with Gasteiger partial charge in [0.15, 0.2) is 0 Å². The molecule has 1 aliphatic heterocycles. The second kappa shape index (κ2) is 7.82. The second-order valence-electron chi connectivity index (χ2n) is 7.27. The van der Waals surface area contributed by atoms with Crippen molar-refractivity contribution >= 4 is 0 Å². The summed E-state index contributed by atoms with van der Waals surface area (Å²) >= 11 is 0. The van der Waals surface area contributed by atoms with Gasteiger partial charge in [-0.15, -0.1) is 0 Å². The summed E-state index contributed by atoms with van der Waals surface area (Å²) in [6.45, 7) is 0. The zero-order valence-corrected chi connectivity index (χ0v) is 16.7. The summed E-state index contributed by atoms with van der Waals surface area (Å²) in [6, 6.07) is 29.9. The van der Waals surface area contributed by atoms with Gasteiger partial charge in [0.2, 0.25) is 6.33 Å². The van der Waals surface area contributed by atoms with Crippen LogP contribution in [0.5, 0.6) is 0 Å². The molecular formula is C24H22ClN3O. The number of aryl methyl sites for hydroxylation is 1. The van der Waals surface area contributed by atoms with E-state index in [1.54, 1.807) is 0 Å². The summed E-state index contributed by atoms with van der Waals surface area (Å²) in [5, 5.41) is 16.9. The van der Waals surface area contributed by atoms with Crippen molar-refractivity contribution in [2.75, 3.05) is 0 Å². The van der Waals surface area contributed by atoms with E-state index in [2.05, 4.69) is 4.57 Å². The van der Waals surface area contributed by atoms with Crippen LogP contribution < -0.4 is 17.0 Å². The normalized spacial score (nSPS) is 15.6. The number of para-hydroxylation sites is 1. The molecule has 3 aromatic carbocycles. The third-order valence-corrected chi connectivity index (χ3v) is 5.66. The molecule has 0 aliphatic carbocycles. The summed E-state index contributed by atoms with van der Waals surface area (Å²) in [6.07, 6.45) is 3.70. The molecule has 0 fully saturated rings. The number of hydrogen-bond acceptors (Lipinski definition) is 2. The number of nitrogens with zero attached hydrogens (tertiary/aromatic N) is 3. The Morgan fingerprint density at radius 2 is 1.34 bits per heavy atom. The van der Waals surface area contributed by atoms with Gasteiger partial charge in [0.25, 0.3) is 5.82 Å². The molecule has 0 radical (unpaired) electrons. The van der Waals surface area contributed by atoms with Gasteiger partial charge in [0, 0.05) is 11.5 Å². The number of aliphatic hydroxyl groups is 1. The Morgan fingerprint density at radius 1 is 0.828 bits per heavy atom. The molecular weight excluding hydrogens is 382 g/mol. The molecule has 0 amide bonds. The van der Waals surface area contributed by atoms with Crippen molar-refractivity contribution in [3.8, 4) is 5.69 Å². The Kier molecular flexibility index (Phi) is 5.22. The highest BCUT2D eigenvalue weighted by molar-refractivity contribution is 5.37. The molecule has 4 nitrogen and oxygen atoms in total. The minimum atomic E-state index is -1.12. The molecule has 4 aromatic rings. The Balaban J connectivity index is 0.00000205. The SMILES string of the molecule is OC(c1ccccc1)(c1ccccc1)[C@@H]1CCc2nn(-c3ccccc3)c[n+]21.[Cl-]. The van der Waals surface area contributed by atoms with E-state index in [0.717, 1.165) is 35.5 Å². The quantitative estimate of drug-likeness (QED) is 0.507. The Hall–Kier alpha value is -2.95. The molecule has 0 spiro atoms. The standard InChI is InChI=1S/C24H22N3O.ClH/c28-24(19-10-4-1-5-11-19,20-12-6-2-7-13-20)22-16-17-23-25-27(18-26(22)23)21-14-8-3-9-15-21;/h1-15,18,22,28H,16-17H2;1H/q+1;/p-1/t22-;/m0./s1. The molecule has 1 aliphatic rings. The van der Waals surface area contributed by atoms with Crippen molar-refractivity contribution in [3.63, 3.8) is 0 Å². The number of benzene rings is 3. The first kappa shape index (κ1) is 19.4. The lowest BCUT2D eigenvalue weighted by Gasteiger charge is -2.34. The van der Waals surface area contributed by atoms with Gasteiger partial charge in [0.05, 0.1) is 0 Å². The van der Waals surface area contributed by atoms with Crippen LogP contribution in [0.25, 0.3) is 5.69 Å². The molecule has 29 heavy (non-hydrogen) atoms. The van der Waals surface area contributed by atoms with Crippen LogP contribution in [0.1, 0.15) is 29.4 Å². The molecule has 2 heterocycles. The minimum Gasteiger partial charge on any atom is -1.00 e. The van der Waals surface area contributed by atoms with E-state index in [0.29, 0.717) is 0 Å². The van der Waals surface area contributed by atoms with E-state index >= 15 is 0 Å². The van der Waals surface area contributed by atoms with Gasteiger partial charge < -0.3 is 17.5 Å². The van der Waals surface area contributed by atoms with Crippen LogP contribution in [0.15, 0.2) is 97.3 Å². The predicted octanol–water partition coefficient (Wildman–Crippen LogP) is 0.587. The van der Waals surface area contributed by atoms with Crippen LogP contribution in [-0.2, 0) is 12.0 Å². The van der Waals surface area contributed by atoms with Crippen LogP contribution in [0, 0.1) is 0 Å². The molecule has 5 rings (SSSR count). The van der Waals surface area contributed by atoms with E-state index < -0.39 is 5.60 Å². The van der Waals surface area contributed by atoms with E-state index in [9.17, 15) is 5.11 Å². The Labute approximate surface area is 176 Å². The zero-order valence-electron chi connectivity index (χ0n) is 15.9. The largest absolute Gasteiger partial charge is 1.00 e. The van der Waals surface area contributed by atoms with Crippen molar-refractivity contribution in [3.05, 3.63) is 114 Å². The molecule has 1 aromatic heterocycles. The Morgan fingerprint density at radius 3 is 1.90 bits per heavy atom. The van der Waals surface area contributed by atoms with E-state index in [1.807, 2.05) is 102 Å². The number of halogens is 1. The molecule has 0 saturated carbocycles. The maximum atomic E-state index is 12.1. The lowest BCUT2D eigenvalue weighted by Crippen LogP contribution is -3.00. The lowest BCUT2D eigenvalue weighted by molar-refractivity contribution is -0.731. The fourth-order valence-corrected chi connectivity index (χ4v) is 4.28. The molecule has 5 heteroatoms. The maximum Gasteiger partial charge on any atom is 0.278 e. The summed E-state index contributed by atoms with van der Waals surface area (Å²) in [7, 11) is 0. The molecule has 146 valence electrons. The Bertz CT molecular complexity index is 1040. The van der Waals surface area contributed by atoms with Crippen molar-refractivity contribution in [2.45, 2.75) is 24.5 Å². The van der Waals surface area contributed by atoms with Gasteiger partial charge in [-0.1, -0.05) is 83.5 Å². The molecule has 0 bridgehead atoms. The number of hydrogen-bond donors (Lipinski definition) is 1. The number of rotatable bonds is 4. The van der Waals surface area contributed by atoms with Crippen LogP contribution >= 0.6 is 0 Å². The fourth-order valence-electron chi connectivity index (χ4n) is 4.28. The van der Waals surface area contributed by atoms with Gasteiger partial charge in [-0.2, -0.15) is 0 Å². The predicted molar refractivity (Wildman–Crippen MR) is 107 cm³/mol. The van der Waals surface area contributed by atoms with Crippen LogP contribution in [-0.4, -0.2) is 14.9 Å². The van der Waals surface area contributed by atoms with Crippen molar-refractivity contribution < 1.29 is 22.1 Å². The molecule has 1 atom stereocenters. The van der Waals surface area contributed by atoms with E-state index in [4.69, 9.17) is 5.10 Å². The van der Waals surface area contributed by atoms with Crippen molar-refractivity contribution in [2.24, 2.45) is 0 Å². The monoisotopic (exact) mass is 403 g/mol. The first-order valence-electron chi connectivity index (χ1n) is 9.65. The topological polar surface area (TPSA) is 41.9 Å². The maximum absolute atomic E-state index is 12.1. The second-order valence-corrected chi connectivity index (χ2v) is 7.27. The van der Waals surface area contributed by atoms with Crippen LogP contribution in [0.4, 0.5) is 0 Å². The van der Waals surface area contributed by atoms with Gasteiger partial charge in [-0.05, 0) is 29.7 Å². The average molecular weight is 404 g/mol. The molecule has 1 N–H and O–H groups in total. The minimum absolute atomic E-state index is 0. The molecule has 0 unspecified atom stereocenters. The smallest absolute Gasteiger partial charge is 0.278 e. The summed E-state index contributed by atoms with van der Waals surface area (Å²) in [5.74, 6) is 0.999. The lowest BCUT2D eigenvalue weighted by atomic mass is 9.79. The van der Waals surface area contributed by atoms with E-state index in [-0.39, 0.29) is 18.4 Å². The first-order chi connectivity index (χ1) is 13.8. The highest BCUT2D eigenvalue weighted by Gasteiger charge is 2.48. The summed E-state index contributed by atoms with van der Waals surface area (Å²) in [5.41, 5.74) is 1.70. The van der Waals surface area contributed by atoms with Gasteiger partial charge in [-0.25, -0.2) is 4.57 Å². The van der Waals surface area contributed by atoms with Gasteiger partial charge >= 0.3 is 0 Å². The van der Waals surface area contributed by atoms with Crippen molar-refractivity contribution in [1.29, 1.82) is 0 Å². The fraction of sp³-hybridized carbons (Fsp3) is 0.167. The number of fused-ring (bicyclic) bond motifs is 1. The van der Waals surface area contributed by atoms with E-state index in [1.165, 1.54) is 0 Å². The number of aromatic nitrogens is 3. The van der Waals surface area contributed by atoms with Crippen LogP contribution in [0.3, 0.4) is 0 Å². The zero-order chi connectivity index (χ0) is 19.0. The van der Waals surface area contributed by atoms with Gasteiger partial charge in [-0.3, -0.25) is 0 Å². The average Bonchev–Trinajstić information content (AvgIpc) is 3.36. The third-order valence-electron chi connectivity index (χ3n) is 5.66.